The van der Waals surface area contributed by atoms with Crippen molar-refractivity contribution in [2.45, 2.75) is 43.4 Å². The lowest BCUT2D eigenvalue weighted by Gasteiger charge is -2.31. The van der Waals surface area contributed by atoms with Gasteiger partial charge in [-0.25, -0.2) is 8.42 Å². The number of piperidine rings is 1. The van der Waals surface area contributed by atoms with E-state index in [4.69, 9.17) is 0 Å². The Balaban J connectivity index is 1.38. The van der Waals surface area contributed by atoms with Crippen molar-refractivity contribution < 1.29 is 18.0 Å². The zero-order valence-electron chi connectivity index (χ0n) is 18.8. The van der Waals surface area contributed by atoms with E-state index in [1.54, 1.807) is 27.4 Å². The Hall–Kier alpha value is -2.71. The summed E-state index contributed by atoms with van der Waals surface area (Å²) < 4.78 is 27.8. The zero-order chi connectivity index (χ0) is 23.3. The van der Waals surface area contributed by atoms with Gasteiger partial charge in [0.15, 0.2) is 0 Å². The largest absolute Gasteiger partial charge is 0.339 e. The molecule has 2 aromatic rings. The molecule has 8 heteroatoms. The number of benzene rings is 2. The summed E-state index contributed by atoms with van der Waals surface area (Å²) in [5.74, 6) is -0.368. The fourth-order valence-electron chi connectivity index (χ4n) is 4.51. The fourth-order valence-corrected chi connectivity index (χ4v) is 6.08. The topological polar surface area (TPSA) is 86.8 Å². The first-order valence-electron chi connectivity index (χ1n) is 11.7. The summed E-state index contributed by atoms with van der Waals surface area (Å²) in [5, 5.41) is 2.93. The van der Waals surface area contributed by atoms with Crippen molar-refractivity contribution >= 4 is 27.5 Å². The molecule has 0 unspecified atom stereocenters. The second-order valence-corrected chi connectivity index (χ2v) is 10.7. The van der Waals surface area contributed by atoms with Crippen LogP contribution < -0.4 is 5.32 Å². The van der Waals surface area contributed by atoms with Gasteiger partial charge in [-0.2, -0.15) is 4.31 Å². The van der Waals surface area contributed by atoms with E-state index < -0.39 is 10.0 Å². The van der Waals surface area contributed by atoms with Crippen LogP contribution in [0, 0.1) is 5.92 Å². The maximum atomic E-state index is 13.1. The molecule has 0 atom stereocenters. The number of carbonyl (C=O) groups excluding carboxylic acids is 2. The molecule has 2 aliphatic heterocycles. The number of nitrogens with one attached hydrogen (secondary N) is 1. The van der Waals surface area contributed by atoms with Gasteiger partial charge >= 0.3 is 0 Å². The van der Waals surface area contributed by atoms with E-state index in [9.17, 15) is 18.0 Å². The second-order valence-electron chi connectivity index (χ2n) is 8.77. The molecule has 1 N–H and O–H groups in total. The maximum absolute atomic E-state index is 13.1. The summed E-state index contributed by atoms with van der Waals surface area (Å²) in [5.41, 5.74) is 1.14. The molecule has 2 saturated heterocycles. The number of sulfonamides is 1. The van der Waals surface area contributed by atoms with Gasteiger partial charge in [0.25, 0.3) is 5.91 Å². The Morgan fingerprint density at radius 3 is 2.15 bits per heavy atom. The van der Waals surface area contributed by atoms with Crippen LogP contribution in [0.15, 0.2) is 59.5 Å². The number of anilines is 1. The van der Waals surface area contributed by atoms with Crippen LogP contribution >= 0.6 is 0 Å². The number of likely N-dealkylation sites (tertiary alicyclic amines) is 1. The highest BCUT2D eigenvalue weighted by Crippen LogP contribution is 2.24. The monoisotopic (exact) mass is 469 g/mol. The minimum absolute atomic E-state index is 0.0289. The predicted octanol–water partition coefficient (Wildman–Crippen LogP) is 3.74. The van der Waals surface area contributed by atoms with Gasteiger partial charge in [0.05, 0.1) is 4.90 Å². The molecule has 0 saturated carbocycles. The molecule has 0 bridgehead atoms. The molecule has 2 aliphatic rings. The molecule has 2 aromatic carbocycles. The lowest BCUT2D eigenvalue weighted by molar-refractivity contribution is -0.121. The van der Waals surface area contributed by atoms with Crippen LogP contribution in [0.2, 0.25) is 0 Å². The smallest absolute Gasteiger partial charge is 0.253 e. The molecule has 2 heterocycles. The normalized spacial score (nSPS) is 18.5. The molecule has 2 fully saturated rings. The van der Waals surface area contributed by atoms with Crippen LogP contribution in [-0.2, 0) is 14.8 Å². The SMILES string of the molecule is O=C(Nc1ccccc1)C1CCN(C(=O)c2cccc(S(=O)(=O)N3CCCCCC3)c2)CC1. The van der Waals surface area contributed by atoms with Crippen molar-refractivity contribution in [3.05, 3.63) is 60.2 Å². The van der Waals surface area contributed by atoms with Crippen LogP contribution in [-0.4, -0.2) is 55.6 Å². The van der Waals surface area contributed by atoms with Gasteiger partial charge in [0.2, 0.25) is 15.9 Å². The van der Waals surface area contributed by atoms with E-state index in [0.29, 0.717) is 44.6 Å². The Morgan fingerprint density at radius 1 is 0.818 bits per heavy atom. The van der Waals surface area contributed by atoms with E-state index in [2.05, 4.69) is 5.32 Å². The molecule has 0 aromatic heterocycles. The predicted molar refractivity (Wildman–Crippen MR) is 127 cm³/mol. The van der Waals surface area contributed by atoms with Gasteiger partial charge in [0, 0.05) is 43.3 Å². The third-order valence-corrected chi connectivity index (χ3v) is 8.37. The second kappa shape index (κ2) is 10.5. The van der Waals surface area contributed by atoms with Crippen LogP contribution in [0.1, 0.15) is 48.9 Å². The lowest BCUT2D eigenvalue weighted by Crippen LogP contribution is -2.41. The first-order chi connectivity index (χ1) is 15.9. The summed E-state index contributed by atoms with van der Waals surface area (Å²) in [7, 11) is -3.61. The van der Waals surface area contributed by atoms with Gasteiger partial charge in [-0.15, -0.1) is 0 Å². The highest BCUT2D eigenvalue weighted by atomic mass is 32.2. The Labute approximate surface area is 195 Å². The van der Waals surface area contributed by atoms with Gasteiger partial charge in [0.1, 0.15) is 0 Å². The third-order valence-electron chi connectivity index (χ3n) is 6.48. The minimum atomic E-state index is -3.61. The summed E-state index contributed by atoms with van der Waals surface area (Å²) >= 11 is 0. The molecule has 0 radical (unpaired) electrons. The Kier molecular flexibility index (Phi) is 7.45. The first kappa shape index (κ1) is 23.4. The van der Waals surface area contributed by atoms with Crippen molar-refractivity contribution in [2.24, 2.45) is 5.92 Å². The van der Waals surface area contributed by atoms with Crippen LogP contribution in [0.3, 0.4) is 0 Å². The molecule has 7 nitrogen and oxygen atoms in total. The number of nitrogens with zero attached hydrogens (tertiary/aromatic N) is 2. The summed E-state index contributed by atoms with van der Waals surface area (Å²) in [6.45, 7) is 1.99. The molecular formula is C25H31N3O4S. The van der Waals surface area contributed by atoms with E-state index in [-0.39, 0.29) is 22.6 Å². The van der Waals surface area contributed by atoms with E-state index in [1.165, 1.54) is 6.07 Å². The average molecular weight is 470 g/mol. The molecule has 0 aliphatic carbocycles. The molecule has 4 rings (SSSR count). The Morgan fingerprint density at radius 2 is 1.48 bits per heavy atom. The van der Waals surface area contributed by atoms with Crippen molar-refractivity contribution in [1.29, 1.82) is 0 Å². The van der Waals surface area contributed by atoms with E-state index in [1.807, 2.05) is 30.3 Å². The zero-order valence-corrected chi connectivity index (χ0v) is 19.6. The summed E-state index contributed by atoms with van der Waals surface area (Å²) in [4.78, 5) is 27.5. The number of rotatable bonds is 5. The van der Waals surface area contributed by atoms with E-state index >= 15 is 0 Å². The maximum Gasteiger partial charge on any atom is 0.253 e. The number of carbonyl (C=O) groups is 2. The third kappa shape index (κ3) is 5.62. The average Bonchev–Trinajstić information content (AvgIpc) is 3.15. The number of amides is 2. The van der Waals surface area contributed by atoms with Crippen molar-refractivity contribution in [3.8, 4) is 0 Å². The number of hydrogen-bond acceptors (Lipinski definition) is 4. The molecular weight excluding hydrogens is 438 g/mol. The van der Waals surface area contributed by atoms with Crippen molar-refractivity contribution in [2.75, 3.05) is 31.5 Å². The van der Waals surface area contributed by atoms with Crippen molar-refractivity contribution in [1.82, 2.24) is 9.21 Å². The van der Waals surface area contributed by atoms with Crippen LogP contribution in [0.25, 0.3) is 0 Å². The minimum Gasteiger partial charge on any atom is -0.339 e. The summed E-state index contributed by atoms with van der Waals surface area (Å²) in [6.07, 6.45) is 4.98. The molecule has 33 heavy (non-hydrogen) atoms. The summed E-state index contributed by atoms with van der Waals surface area (Å²) in [6, 6.07) is 15.7. The highest BCUT2D eigenvalue weighted by molar-refractivity contribution is 7.89. The molecule has 0 spiro atoms. The number of hydrogen-bond donors (Lipinski definition) is 1. The fraction of sp³-hybridized carbons (Fsp3) is 0.440. The molecule has 176 valence electrons. The quantitative estimate of drug-likeness (QED) is 0.723. The lowest BCUT2D eigenvalue weighted by atomic mass is 9.95. The van der Waals surface area contributed by atoms with Gasteiger partial charge in [-0.1, -0.05) is 37.1 Å². The highest BCUT2D eigenvalue weighted by Gasteiger charge is 2.29. The van der Waals surface area contributed by atoms with Gasteiger partial charge in [-0.05, 0) is 56.0 Å². The first-order valence-corrected chi connectivity index (χ1v) is 13.1. The molecule has 2 amide bonds. The Bertz CT molecular complexity index is 1070. The number of para-hydroxylation sites is 1. The van der Waals surface area contributed by atoms with Gasteiger partial charge < -0.3 is 10.2 Å². The van der Waals surface area contributed by atoms with Crippen LogP contribution in [0.5, 0.6) is 0 Å². The standard InChI is InChI=1S/C25H31N3O4S/c29-24(26-22-10-4-3-5-11-22)20-13-17-27(18-14-20)25(30)21-9-8-12-23(19-21)33(31,32)28-15-6-1-2-7-16-28/h3-5,8-12,19-20H,1-2,6-7,13-18H2,(H,26,29). The van der Waals surface area contributed by atoms with Crippen LogP contribution in [0.4, 0.5) is 5.69 Å². The van der Waals surface area contributed by atoms with E-state index in [0.717, 1.165) is 31.4 Å². The van der Waals surface area contributed by atoms with Gasteiger partial charge in [-0.3, -0.25) is 9.59 Å². The van der Waals surface area contributed by atoms with Crippen molar-refractivity contribution in [3.63, 3.8) is 0 Å².